The van der Waals surface area contributed by atoms with Crippen molar-refractivity contribution < 1.29 is 14.8 Å². The van der Waals surface area contributed by atoms with Crippen molar-refractivity contribution in [1.82, 2.24) is 5.32 Å². The standard InChI is InChI=1S/C12H14N2O4S2/c15-11-9(2-1-3-10(11)14(17)18)12(16)13-6-8-7-19-4-5-20-8/h1-3,8,15H,4-7H2,(H,13,16). The molecule has 2 N–H and O–H groups in total. The summed E-state index contributed by atoms with van der Waals surface area (Å²) in [6, 6.07) is 3.93. The maximum atomic E-state index is 12.0. The highest BCUT2D eigenvalue weighted by molar-refractivity contribution is 8.06. The molecule has 108 valence electrons. The fraction of sp³-hybridized carbons (Fsp3) is 0.417. The van der Waals surface area contributed by atoms with Gasteiger partial charge in [0.15, 0.2) is 0 Å². The first-order valence-corrected chi connectivity index (χ1v) is 8.24. The number of nitrogens with one attached hydrogen (secondary N) is 1. The number of rotatable bonds is 4. The highest BCUT2D eigenvalue weighted by atomic mass is 32.2. The molecule has 1 heterocycles. The summed E-state index contributed by atoms with van der Waals surface area (Å²) in [5, 5.41) is 23.5. The molecule has 0 aromatic heterocycles. The van der Waals surface area contributed by atoms with Crippen molar-refractivity contribution in [3.8, 4) is 5.75 Å². The molecule has 8 heteroatoms. The third kappa shape index (κ3) is 3.57. The Hall–Kier alpha value is -1.41. The van der Waals surface area contributed by atoms with Gasteiger partial charge >= 0.3 is 5.69 Å². The zero-order valence-corrected chi connectivity index (χ0v) is 12.2. The van der Waals surface area contributed by atoms with Gasteiger partial charge in [-0.15, -0.1) is 0 Å². The number of hydrogen-bond acceptors (Lipinski definition) is 6. The van der Waals surface area contributed by atoms with Crippen molar-refractivity contribution in [3.63, 3.8) is 0 Å². The Kier molecular flexibility index (Phi) is 5.13. The quantitative estimate of drug-likeness (QED) is 0.651. The lowest BCUT2D eigenvalue weighted by molar-refractivity contribution is -0.385. The van der Waals surface area contributed by atoms with Gasteiger partial charge in [-0.05, 0) is 6.07 Å². The van der Waals surface area contributed by atoms with E-state index < -0.39 is 22.3 Å². The number of phenols is 1. The fourth-order valence-electron chi connectivity index (χ4n) is 1.82. The van der Waals surface area contributed by atoms with Crippen LogP contribution >= 0.6 is 23.5 Å². The number of hydrogen-bond donors (Lipinski definition) is 2. The number of benzene rings is 1. The number of carbonyl (C=O) groups excluding carboxylic acids is 1. The normalized spacial score (nSPS) is 18.5. The third-order valence-corrected chi connectivity index (χ3v) is 5.68. The molecule has 1 fully saturated rings. The van der Waals surface area contributed by atoms with E-state index in [1.54, 1.807) is 11.8 Å². The molecule has 1 amide bonds. The Morgan fingerprint density at radius 3 is 2.95 bits per heavy atom. The van der Waals surface area contributed by atoms with Crippen molar-refractivity contribution in [3.05, 3.63) is 33.9 Å². The number of aromatic hydroxyl groups is 1. The number of amides is 1. The number of nitrogens with zero attached hydrogens (tertiary/aromatic N) is 1. The van der Waals surface area contributed by atoms with E-state index in [-0.39, 0.29) is 5.56 Å². The smallest absolute Gasteiger partial charge is 0.311 e. The Labute approximate surface area is 124 Å². The van der Waals surface area contributed by atoms with Crippen LogP contribution in [0, 0.1) is 10.1 Å². The predicted molar refractivity (Wildman–Crippen MR) is 80.7 cm³/mol. The Morgan fingerprint density at radius 2 is 2.30 bits per heavy atom. The van der Waals surface area contributed by atoms with Crippen LogP contribution in [0.4, 0.5) is 5.69 Å². The van der Waals surface area contributed by atoms with Crippen LogP contribution in [0.25, 0.3) is 0 Å². The van der Waals surface area contributed by atoms with Crippen LogP contribution in [0.15, 0.2) is 18.2 Å². The molecule has 0 spiro atoms. The van der Waals surface area contributed by atoms with Crippen LogP contribution in [0.5, 0.6) is 5.75 Å². The molecule has 20 heavy (non-hydrogen) atoms. The van der Waals surface area contributed by atoms with E-state index in [1.807, 2.05) is 11.8 Å². The van der Waals surface area contributed by atoms with E-state index in [9.17, 15) is 20.0 Å². The second-order valence-electron chi connectivity index (χ2n) is 4.21. The Morgan fingerprint density at radius 1 is 1.50 bits per heavy atom. The van der Waals surface area contributed by atoms with Crippen molar-refractivity contribution >= 4 is 35.1 Å². The molecule has 1 atom stereocenters. The van der Waals surface area contributed by atoms with Gasteiger partial charge < -0.3 is 10.4 Å². The van der Waals surface area contributed by atoms with Crippen LogP contribution in [0.3, 0.4) is 0 Å². The molecule has 1 aromatic carbocycles. The summed E-state index contributed by atoms with van der Waals surface area (Å²) in [6.07, 6.45) is 0. The van der Waals surface area contributed by atoms with E-state index in [4.69, 9.17) is 0 Å². The highest BCUT2D eigenvalue weighted by Crippen LogP contribution is 2.29. The molecule has 1 aliphatic rings. The molecule has 6 nitrogen and oxygen atoms in total. The number of nitro groups is 1. The van der Waals surface area contributed by atoms with E-state index in [2.05, 4.69) is 5.32 Å². The topological polar surface area (TPSA) is 92.5 Å². The van der Waals surface area contributed by atoms with E-state index in [1.165, 1.54) is 18.2 Å². The summed E-state index contributed by atoms with van der Waals surface area (Å²) >= 11 is 3.66. The molecule has 1 aliphatic heterocycles. The SMILES string of the molecule is O=C(NCC1CSCCS1)c1cccc([N+](=O)[O-])c1O. The van der Waals surface area contributed by atoms with Gasteiger partial charge in [0.2, 0.25) is 5.75 Å². The number of para-hydroxylation sites is 1. The van der Waals surface area contributed by atoms with Crippen LogP contribution < -0.4 is 5.32 Å². The molecular weight excluding hydrogens is 300 g/mol. The number of carbonyl (C=O) groups is 1. The monoisotopic (exact) mass is 314 g/mol. The number of phenolic OH excluding ortho intramolecular Hbond substituents is 1. The minimum atomic E-state index is -0.709. The Bertz CT molecular complexity index is 518. The minimum Gasteiger partial charge on any atom is -0.502 e. The first kappa shape index (κ1) is 15.0. The largest absolute Gasteiger partial charge is 0.502 e. The van der Waals surface area contributed by atoms with Gasteiger partial charge in [0, 0.05) is 35.1 Å². The van der Waals surface area contributed by atoms with Crippen molar-refractivity contribution in [1.29, 1.82) is 0 Å². The van der Waals surface area contributed by atoms with Crippen molar-refractivity contribution in [2.75, 3.05) is 23.8 Å². The molecule has 1 saturated heterocycles. The lowest BCUT2D eigenvalue weighted by Crippen LogP contribution is -2.33. The fourth-order valence-corrected chi connectivity index (χ4v) is 4.43. The summed E-state index contributed by atoms with van der Waals surface area (Å²) in [7, 11) is 0. The van der Waals surface area contributed by atoms with E-state index >= 15 is 0 Å². The predicted octanol–water partition coefficient (Wildman–Crippen LogP) is 1.88. The molecule has 0 bridgehead atoms. The summed E-state index contributed by atoms with van der Waals surface area (Å²) in [5.74, 6) is 2.10. The summed E-state index contributed by atoms with van der Waals surface area (Å²) in [4.78, 5) is 22.0. The lowest BCUT2D eigenvalue weighted by Gasteiger charge is -2.21. The van der Waals surface area contributed by atoms with Gasteiger partial charge in [-0.2, -0.15) is 23.5 Å². The van der Waals surface area contributed by atoms with Crippen molar-refractivity contribution in [2.24, 2.45) is 0 Å². The van der Waals surface area contributed by atoms with Crippen LogP contribution in [0.2, 0.25) is 0 Å². The second-order valence-corrected chi connectivity index (χ2v) is 6.77. The number of nitro benzene ring substituents is 1. The van der Waals surface area contributed by atoms with Gasteiger partial charge in [-0.25, -0.2) is 0 Å². The van der Waals surface area contributed by atoms with E-state index in [0.29, 0.717) is 11.8 Å². The molecule has 2 rings (SSSR count). The van der Waals surface area contributed by atoms with Gasteiger partial charge in [-0.3, -0.25) is 14.9 Å². The second kappa shape index (κ2) is 6.85. The van der Waals surface area contributed by atoms with Gasteiger partial charge in [-0.1, -0.05) is 6.07 Å². The molecular formula is C12H14N2O4S2. The third-order valence-electron chi connectivity index (χ3n) is 2.83. The van der Waals surface area contributed by atoms with Crippen molar-refractivity contribution in [2.45, 2.75) is 5.25 Å². The maximum absolute atomic E-state index is 12.0. The van der Waals surface area contributed by atoms with Crippen LogP contribution in [-0.4, -0.2) is 45.0 Å². The van der Waals surface area contributed by atoms with Gasteiger partial charge in [0.25, 0.3) is 5.91 Å². The van der Waals surface area contributed by atoms with Crippen LogP contribution in [0.1, 0.15) is 10.4 Å². The first-order chi connectivity index (χ1) is 9.59. The van der Waals surface area contributed by atoms with Gasteiger partial charge in [0.05, 0.1) is 10.5 Å². The maximum Gasteiger partial charge on any atom is 0.311 e. The van der Waals surface area contributed by atoms with Gasteiger partial charge in [0.1, 0.15) is 0 Å². The molecule has 0 radical (unpaired) electrons. The summed E-state index contributed by atoms with van der Waals surface area (Å²) in [5.41, 5.74) is -0.520. The highest BCUT2D eigenvalue weighted by Gasteiger charge is 2.22. The molecule has 0 saturated carbocycles. The number of thioether (sulfide) groups is 2. The zero-order chi connectivity index (χ0) is 14.5. The first-order valence-electron chi connectivity index (χ1n) is 6.03. The molecule has 1 aromatic rings. The lowest BCUT2D eigenvalue weighted by atomic mass is 10.1. The molecule has 1 unspecified atom stereocenters. The minimum absolute atomic E-state index is 0.0623. The summed E-state index contributed by atoms with van der Waals surface area (Å²) in [6.45, 7) is 0.499. The zero-order valence-electron chi connectivity index (χ0n) is 10.6. The average molecular weight is 314 g/mol. The van der Waals surface area contributed by atoms with Crippen LogP contribution in [-0.2, 0) is 0 Å². The van der Waals surface area contributed by atoms with E-state index in [0.717, 1.165) is 17.3 Å². The average Bonchev–Trinajstić information content (AvgIpc) is 2.46. The summed E-state index contributed by atoms with van der Waals surface area (Å²) < 4.78 is 0. The Balaban J connectivity index is 2.01. The molecule has 0 aliphatic carbocycles.